The second-order valence-corrected chi connectivity index (χ2v) is 7.96. The lowest BCUT2D eigenvalue weighted by Crippen LogP contribution is -2.42. The largest absolute Gasteiger partial charge is 0.273 e. The number of benzene rings is 2. The Kier molecular flexibility index (Phi) is 7.02. The molecule has 2 aromatic carbocycles. The summed E-state index contributed by atoms with van der Waals surface area (Å²) in [4.78, 5) is 34.0. The van der Waals surface area contributed by atoms with Gasteiger partial charge in [0.25, 0.3) is 11.6 Å². The number of nitro groups is 1. The summed E-state index contributed by atoms with van der Waals surface area (Å²) in [5, 5.41) is 10.7. The molecule has 2 rings (SSSR count). The van der Waals surface area contributed by atoms with E-state index in [2.05, 4.69) is 15.6 Å². The topological polar surface area (TPSA) is 148 Å². The van der Waals surface area contributed by atoms with Crippen LogP contribution in [0.5, 0.6) is 0 Å². The molecule has 0 aliphatic heterocycles. The summed E-state index contributed by atoms with van der Waals surface area (Å²) in [7, 11) is -3.78. The third-order valence-corrected chi connectivity index (χ3v) is 5.51. The normalized spacial score (nSPS) is 11.0. The van der Waals surface area contributed by atoms with Gasteiger partial charge in [0.1, 0.15) is 0 Å². The molecule has 0 fully saturated rings. The number of non-ortho nitro benzene ring substituents is 1. The van der Waals surface area contributed by atoms with E-state index in [0.717, 1.165) is 11.6 Å². The zero-order chi connectivity index (χ0) is 21.6. The van der Waals surface area contributed by atoms with Crippen molar-refractivity contribution in [2.45, 2.75) is 25.2 Å². The van der Waals surface area contributed by atoms with Crippen molar-refractivity contribution in [3.05, 3.63) is 69.3 Å². The summed E-state index contributed by atoms with van der Waals surface area (Å²) >= 11 is 0. The molecule has 29 heavy (non-hydrogen) atoms. The van der Waals surface area contributed by atoms with E-state index in [1.165, 1.54) is 24.3 Å². The van der Waals surface area contributed by atoms with Gasteiger partial charge in [-0.05, 0) is 37.1 Å². The van der Waals surface area contributed by atoms with Crippen molar-refractivity contribution in [3.63, 3.8) is 0 Å². The predicted octanol–water partition coefficient (Wildman–Crippen LogP) is 1.34. The first-order valence-electron chi connectivity index (χ1n) is 8.51. The molecule has 11 heteroatoms. The molecule has 0 spiro atoms. The Hall–Kier alpha value is -3.31. The van der Waals surface area contributed by atoms with Gasteiger partial charge in [0, 0.05) is 30.7 Å². The second-order valence-electron chi connectivity index (χ2n) is 6.23. The van der Waals surface area contributed by atoms with E-state index in [1.54, 1.807) is 26.0 Å². The second kappa shape index (κ2) is 9.26. The Morgan fingerprint density at radius 1 is 1.07 bits per heavy atom. The first-order valence-corrected chi connectivity index (χ1v) is 9.99. The molecule has 0 radical (unpaired) electrons. The van der Waals surface area contributed by atoms with Gasteiger partial charge in [0.05, 0.1) is 9.82 Å². The smallest absolute Gasteiger partial charge is 0.270 e. The van der Waals surface area contributed by atoms with Crippen LogP contribution in [0, 0.1) is 24.0 Å². The number of hydrogen-bond donors (Lipinski definition) is 3. The average molecular weight is 420 g/mol. The van der Waals surface area contributed by atoms with Gasteiger partial charge in [0.2, 0.25) is 15.9 Å². The number of hydrogen-bond acceptors (Lipinski definition) is 6. The number of nitrogens with zero attached hydrogens (tertiary/aromatic N) is 1. The summed E-state index contributed by atoms with van der Waals surface area (Å²) in [6.45, 7) is 3.27. The zero-order valence-corrected chi connectivity index (χ0v) is 16.6. The molecular formula is C18H20N4O6S. The van der Waals surface area contributed by atoms with E-state index in [0.29, 0.717) is 5.56 Å². The van der Waals surface area contributed by atoms with Crippen molar-refractivity contribution in [1.29, 1.82) is 0 Å². The summed E-state index contributed by atoms with van der Waals surface area (Å²) in [6.07, 6.45) is -0.223. The maximum Gasteiger partial charge on any atom is 0.270 e. The minimum Gasteiger partial charge on any atom is -0.273 e. The lowest BCUT2D eigenvalue weighted by atomic mass is 10.2. The zero-order valence-electron chi connectivity index (χ0n) is 15.8. The molecule has 154 valence electrons. The van der Waals surface area contributed by atoms with Gasteiger partial charge in [-0.3, -0.25) is 30.6 Å². The Bertz CT molecular complexity index is 1050. The van der Waals surface area contributed by atoms with Crippen LogP contribution in [0.25, 0.3) is 0 Å². The molecule has 0 unspecified atom stereocenters. The third kappa shape index (κ3) is 6.09. The standard InChI is InChI=1S/C18H20N4O6S/c1-12-6-7-13(2)16(10-12)29(27,28)19-9-8-17(23)20-21-18(24)14-4-3-5-15(11-14)22(25)26/h3-7,10-11,19H,8-9H2,1-2H3,(H,20,23)(H,21,24). The summed E-state index contributed by atoms with van der Waals surface area (Å²) in [6, 6.07) is 10.0. The first kappa shape index (κ1) is 22.0. The van der Waals surface area contributed by atoms with Crippen LogP contribution in [0.4, 0.5) is 5.69 Å². The number of carbonyl (C=O) groups is 2. The van der Waals surface area contributed by atoms with Gasteiger partial charge in [0.15, 0.2) is 0 Å². The molecule has 2 amide bonds. The van der Waals surface area contributed by atoms with Crippen molar-refractivity contribution >= 4 is 27.5 Å². The number of amides is 2. The van der Waals surface area contributed by atoms with Gasteiger partial charge in [-0.1, -0.05) is 18.2 Å². The van der Waals surface area contributed by atoms with Crippen LogP contribution in [0.15, 0.2) is 47.4 Å². The summed E-state index contributed by atoms with van der Waals surface area (Å²) < 4.78 is 27.1. The number of nitro benzene ring substituents is 1. The SMILES string of the molecule is Cc1ccc(C)c(S(=O)(=O)NCCC(=O)NNC(=O)c2cccc([N+](=O)[O-])c2)c1. The molecule has 2 aromatic rings. The number of carbonyl (C=O) groups excluding carboxylic acids is 2. The van der Waals surface area contributed by atoms with Crippen LogP contribution in [0.2, 0.25) is 0 Å². The minimum atomic E-state index is -3.78. The fourth-order valence-electron chi connectivity index (χ4n) is 2.40. The van der Waals surface area contributed by atoms with E-state index in [9.17, 15) is 28.1 Å². The van der Waals surface area contributed by atoms with E-state index < -0.39 is 26.8 Å². The van der Waals surface area contributed by atoms with Crippen LogP contribution in [0.3, 0.4) is 0 Å². The van der Waals surface area contributed by atoms with Gasteiger partial charge in [-0.15, -0.1) is 0 Å². The van der Waals surface area contributed by atoms with E-state index in [-0.39, 0.29) is 29.1 Å². The fraction of sp³-hybridized carbons (Fsp3) is 0.222. The monoisotopic (exact) mass is 420 g/mol. The fourth-order valence-corrected chi connectivity index (χ4v) is 3.75. The van der Waals surface area contributed by atoms with Crippen LogP contribution in [-0.4, -0.2) is 31.7 Å². The van der Waals surface area contributed by atoms with Crippen molar-refractivity contribution in [2.75, 3.05) is 6.54 Å². The lowest BCUT2D eigenvalue weighted by molar-refractivity contribution is -0.384. The lowest BCUT2D eigenvalue weighted by Gasteiger charge is -2.11. The van der Waals surface area contributed by atoms with Gasteiger partial charge < -0.3 is 0 Å². The summed E-state index contributed by atoms with van der Waals surface area (Å²) in [5.74, 6) is -1.37. The highest BCUT2D eigenvalue weighted by Crippen LogP contribution is 2.16. The van der Waals surface area contributed by atoms with Crippen molar-refractivity contribution in [3.8, 4) is 0 Å². The van der Waals surface area contributed by atoms with Crippen LogP contribution < -0.4 is 15.6 Å². The Labute approximate surface area is 167 Å². The molecule has 0 saturated heterocycles. The maximum atomic E-state index is 12.4. The minimum absolute atomic E-state index is 0.00451. The number of nitrogens with one attached hydrogen (secondary N) is 3. The molecule has 0 aliphatic carbocycles. The first-order chi connectivity index (χ1) is 13.6. The van der Waals surface area contributed by atoms with Crippen molar-refractivity contribution < 1.29 is 22.9 Å². The van der Waals surface area contributed by atoms with Gasteiger partial charge in [-0.25, -0.2) is 13.1 Å². The number of sulfonamides is 1. The maximum absolute atomic E-state index is 12.4. The van der Waals surface area contributed by atoms with E-state index in [1.807, 2.05) is 0 Å². The quantitative estimate of drug-likeness (QED) is 0.455. The molecule has 0 heterocycles. The highest BCUT2D eigenvalue weighted by molar-refractivity contribution is 7.89. The third-order valence-electron chi connectivity index (χ3n) is 3.91. The van der Waals surface area contributed by atoms with Crippen LogP contribution >= 0.6 is 0 Å². The van der Waals surface area contributed by atoms with Crippen molar-refractivity contribution in [1.82, 2.24) is 15.6 Å². The molecule has 0 aromatic heterocycles. The molecule has 0 aliphatic rings. The predicted molar refractivity (Wildman–Crippen MR) is 104 cm³/mol. The number of hydrazine groups is 1. The molecule has 10 nitrogen and oxygen atoms in total. The molecule has 0 saturated carbocycles. The molecule has 0 bridgehead atoms. The van der Waals surface area contributed by atoms with E-state index >= 15 is 0 Å². The van der Waals surface area contributed by atoms with Gasteiger partial charge in [-0.2, -0.15) is 0 Å². The average Bonchev–Trinajstić information content (AvgIpc) is 2.67. The highest BCUT2D eigenvalue weighted by atomic mass is 32.2. The Morgan fingerprint density at radius 3 is 2.48 bits per heavy atom. The number of rotatable bonds is 7. The molecular weight excluding hydrogens is 400 g/mol. The van der Waals surface area contributed by atoms with Crippen LogP contribution in [0.1, 0.15) is 27.9 Å². The van der Waals surface area contributed by atoms with Crippen LogP contribution in [-0.2, 0) is 14.8 Å². The Morgan fingerprint density at radius 2 is 1.79 bits per heavy atom. The van der Waals surface area contributed by atoms with Crippen molar-refractivity contribution in [2.24, 2.45) is 0 Å². The van der Waals surface area contributed by atoms with E-state index in [4.69, 9.17) is 0 Å². The van der Waals surface area contributed by atoms with Gasteiger partial charge >= 0.3 is 0 Å². The summed E-state index contributed by atoms with van der Waals surface area (Å²) in [5.41, 5.74) is 5.36. The molecule has 0 atom stereocenters. The number of aryl methyl sites for hydroxylation is 2. The highest BCUT2D eigenvalue weighted by Gasteiger charge is 2.17. The molecule has 3 N–H and O–H groups in total. The Balaban J connectivity index is 1.85.